The predicted octanol–water partition coefficient (Wildman–Crippen LogP) is 3.08. The van der Waals surface area contributed by atoms with Gasteiger partial charge < -0.3 is 10.2 Å². The summed E-state index contributed by atoms with van der Waals surface area (Å²) in [6.07, 6.45) is 1.81. The van der Waals surface area contributed by atoms with Gasteiger partial charge >= 0.3 is 6.18 Å². The maximum atomic E-state index is 12.5. The number of hydrogen-bond donors (Lipinski definition) is 1. The summed E-state index contributed by atoms with van der Waals surface area (Å²) in [5.74, 6) is 0.898. The van der Waals surface area contributed by atoms with Crippen LogP contribution in [0.3, 0.4) is 0 Å². The molecule has 0 aromatic rings. The number of hydrogen-bond acceptors (Lipinski definition) is 2. The minimum Gasteiger partial charge on any atom is -0.352 e. The summed E-state index contributed by atoms with van der Waals surface area (Å²) in [5, 5.41) is 3.43. The van der Waals surface area contributed by atoms with Crippen molar-refractivity contribution in [1.82, 2.24) is 15.1 Å². The Balaban J connectivity index is 0.00000208. The maximum Gasteiger partial charge on any atom is 0.401 e. The number of rotatable bonds is 3. The number of halogens is 4. The molecule has 2 saturated heterocycles. The van der Waals surface area contributed by atoms with E-state index in [0.29, 0.717) is 25.0 Å². The van der Waals surface area contributed by atoms with Gasteiger partial charge in [-0.25, -0.2) is 0 Å². The maximum absolute atomic E-state index is 12.5. The van der Waals surface area contributed by atoms with Crippen molar-refractivity contribution >= 4 is 29.9 Å². The van der Waals surface area contributed by atoms with Crippen molar-refractivity contribution in [2.75, 3.05) is 39.3 Å². The minimum atomic E-state index is -4.11. The number of nitrogens with one attached hydrogen (secondary N) is 1. The molecule has 140 valence electrons. The number of nitrogens with zero attached hydrogens (tertiary/aromatic N) is 3. The van der Waals surface area contributed by atoms with E-state index in [4.69, 9.17) is 0 Å². The zero-order valence-corrected chi connectivity index (χ0v) is 16.6. The normalized spacial score (nSPS) is 27.2. The Kier molecular flexibility index (Phi) is 6.66. The van der Waals surface area contributed by atoms with Crippen LogP contribution in [0.5, 0.6) is 0 Å². The van der Waals surface area contributed by atoms with Crippen LogP contribution in [0.4, 0.5) is 13.2 Å². The average molecular weight is 460 g/mol. The highest BCUT2D eigenvalue weighted by Crippen LogP contribution is 2.47. The molecule has 1 unspecified atom stereocenters. The predicted molar refractivity (Wildman–Crippen MR) is 99.9 cm³/mol. The zero-order chi connectivity index (χ0) is 16.5. The molecule has 8 heteroatoms. The lowest BCUT2D eigenvalue weighted by atomic mass is 9.68. The molecular weight excluding hydrogens is 432 g/mol. The monoisotopic (exact) mass is 460 g/mol. The van der Waals surface area contributed by atoms with Gasteiger partial charge in [0.1, 0.15) is 0 Å². The Labute approximate surface area is 159 Å². The first kappa shape index (κ1) is 20.1. The molecule has 2 aliphatic heterocycles. The smallest absolute Gasteiger partial charge is 0.352 e. The molecule has 1 aliphatic carbocycles. The number of likely N-dealkylation sites (tertiary alicyclic amines) is 2. The van der Waals surface area contributed by atoms with Crippen molar-refractivity contribution in [2.45, 2.75) is 51.2 Å². The van der Waals surface area contributed by atoms with E-state index in [-0.39, 0.29) is 30.0 Å². The Morgan fingerprint density at radius 1 is 1.25 bits per heavy atom. The molecule has 3 fully saturated rings. The second kappa shape index (κ2) is 7.97. The molecule has 0 radical (unpaired) electrons. The third-order valence-electron chi connectivity index (χ3n) is 5.47. The van der Waals surface area contributed by atoms with Gasteiger partial charge in [0.15, 0.2) is 5.96 Å². The van der Waals surface area contributed by atoms with E-state index in [0.717, 1.165) is 25.5 Å². The van der Waals surface area contributed by atoms with Crippen LogP contribution >= 0.6 is 24.0 Å². The van der Waals surface area contributed by atoms with Crippen molar-refractivity contribution < 1.29 is 13.2 Å². The lowest BCUT2D eigenvalue weighted by Gasteiger charge is -2.38. The Hall–Kier alpha value is -0.250. The van der Waals surface area contributed by atoms with E-state index in [1.165, 1.54) is 30.6 Å². The van der Waals surface area contributed by atoms with Gasteiger partial charge in [0, 0.05) is 38.8 Å². The quantitative estimate of drug-likeness (QED) is 0.399. The van der Waals surface area contributed by atoms with Gasteiger partial charge in [-0.3, -0.25) is 9.89 Å². The summed E-state index contributed by atoms with van der Waals surface area (Å²) in [4.78, 5) is 8.38. The molecule has 4 nitrogen and oxygen atoms in total. The number of alkyl halides is 3. The van der Waals surface area contributed by atoms with Gasteiger partial charge in [0.25, 0.3) is 0 Å². The van der Waals surface area contributed by atoms with Crippen LogP contribution in [0.25, 0.3) is 0 Å². The lowest BCUT2D eigenvalue weighted by molar-refractivity contribution is -0.143. The molecule has 0 aromatic heterocycles. The van der Waals surface area contributed by atoms with E-state index in [9.17, 15) is 13.2 Å². The zero-order valence-electron chi connectivity index (χ0n) is 14.2. The van der Waals surface area contributed by atoms with E-state index < -0.39 is 12.7 Å². The van der Waals surface area contributed by atoms with Crippen LogP contribution in [-0.4, -0.2) is 67.2 Å². The summed E-state index contributed by atoms with van der Waals surface area (Å²) in [6, 6.07) is 0.0700. The van der Waals surface area contributed by atoms with Crippen LogP contribution < -0.4 is 5.32 Å². The molecule has 0 bridgehead atoms. The van der Waals surface area contributed by atoms with Gasteiger partial charge in [-0.15, -0.1) is 24.0 Å². The van der Waals surface area contributed by atoms with Crippen LogP contribution in [0.2, 0.25) is 0 Å². The molecule has 0 amide bonds. The van der Waals surface area contributed by atoms with Gasteiger partial charge in [0.2, 0.25) is 0 Å². The Morgan fingerprint density at radius 3 is 2.54 bits per heavy atom. The topological polar surface area (TPSA) is 30.9 Å². The SMILES string of the molecule is CCN=C(NC1CCN(CC(F)(F)F)C1)N1CCC2(CCC2)C1.I. The third-order valence-corrected chi connectivity index (χ3v) is 5.47. The summed E-state index contributed by atoms with van der Waals surface area (Å²) in [5.41, 5.74) is 0.494. The van der Waals surface area contributed by atoms with E-state index in [1.807, 2.05) is 6.92 Å². The molecule has 1 spiro atoms. The van der Waals surface area contributed by atoms with Crippen LogP contribution in [-0.2, 0) is 0 Å². The van der Waals surface area contributed by atoms with E-state index in [1.54, 1.807) is 0 Å². The first-order valence-electron chi connectivity index (χ1n) is 8.74. The van der Waals surface area contributed by atoms with Crippen molar-refractivity contribution in [3.63, 3.8) is 0 Å². The van der Waals surface area contributed by atoms with Crippen LogP contribution in [0.15, 0.2) is 4.99 Å². The Bertz CT molecular complexity index is 451. The fourth-order valence-electron chi connectivity index (χ4n) is 4.12. The molecule has 1 atom stereocenters. The highest BCUT2D eigenvalue weighted by atomic mass is 127. The summed E-state index contributed by atoms with van der Waals surface area (Å²) in [6.45, 7) is 4.91. The molecule has 24 heavy (non-hydrogen) atoms. The Morgan fingerprint density at radius 2 is 2.00 bits per heavy atom. The molecule has 1 saturated carbocycles. The van der Waals surface area contributed by atoms with Crippen molar-refractivity contribution in [2.24, 2.45) is 10.4 Å². The number of aliphatic imine (C=N–C) groups is 1. The first-order chi connectivity index (χ1) is 10.9. The standard InChI is InChI=1S/C16H27F3N4.HI/c1-2-20-14(23-9-7-15(11-23)5-3-6-15)21-13-4-8-22(10-13)12-16(17,18)19;/h13H,2-12H2,1H3,(H,20,21);1H. The van der Waals surface area contributed by atoms with Crippen molar-refractivity contribution in [3.05, 3.63) is 0 Å². The molecule has 0 aromatic carbocycles. The second-order valence-electron chi connectivity index (χ2n) is 7.30. The van der Waals surface area contributed by atoms with E-state index in [2.05, 4.69) is 15.2 Å². The van der Waals surface area contributed by atoms with Gasteiger partial charge in [-0.1, -0.05) is 6.42 Å². The summed E-state index contributed by atoms with van der Waals surface area (Å²) < 4.78 is 37.5. The fraction of sp³-hybridized carbons (Fsp3) is 0.938. The van der Waals surface area contributed by atoms with Crippen molar-refractivity contribution in [1.29, 1.82) is 0 Å². The molecular formula is C16H28F3IN4. The number of guanidine groups is 1. The minimum absolute atomic E-state index is 0. The van der Waals surface area contributed by atoms with Gasteiger partial charge in [0.05, 0.1) is 6.54 Å². The molecule has 1 N–H and O–H groups in total. The van der Waals surface area contributed by atoms with E-state index >= 15 is 0 Å². The largest absolute Gasteiger partial charge is 0.401 e. The van der Waals surface area contributed by atoms with Crippen LogP contribution in [0, 0.1) is 5.41 Å². The highest BCUT2D eigenvalue weighted by molar-refractivity contribution is 14.0. The van der Waals surface area contributed by atoms with Crippen LogP contribution in [0.1, 0.15) is 39.0 Å². The molecule has 3 aliphatic rings. The van der Waals surface area contributed by atoms with Gasteiger partial charge in [-0.05, 0) is 38.0 Å². The third kappa shape index (κ3) is 4.89. The lowest BCUT2D eigenvalue weighted by Crippen LogP contribution is -2.47. The molecule has 2 heterocycles. The molecule has 3 rings (SSSR count). The van der Waals surface area contributed by atoms with Crippen molar-refractivity contribution in [3.8, 4) is 0 Å². The average Bonchev–Trinajstić information content (AvgIpc) is 3.02. The van der Waals surface area contributed by atoms with Gasteiger partial charge in [-0.2, -0.15) is 13.2 Å². The second-order valence-corrected chi connectivity index (χ2v) is 7.30. The first-order valence-corrected chi connectivity index (χ1v) is 8.74. The summed E-state index contributed by atoms with van der Waals surface area (Å²) in [7, 11) is 0. The summed E-state index contributed by atoms with van der Waals surface area (Å²) >= 11 is 0. The highest BCUT2D eigenvalue weighted by Gasteiger charge is 2.44. The fourth-order valence-corrected chi connectivity index (χ4v) is 4.12.